The zero-order chi connectivity index (χ0) is 10.8. The molecule has 0 spiro atoms. The van der Waals surface area contributed by atoms with Crippen LogP contribution in [0.2, 0.25) is 5.02 Å². The first kappa shape index (κ1) is 10.5. The van der Waals surface area contributed by atoms with Crippen LogP contribution >= 0.6 is 22.9 Å². The average Bonchev–Trinajstić information content (AvgIpc) is 2.59. The molecule has 78 valence electrons. The van der Waals surface area contributed by atoms with E-state index in [4.69, 9.17) is 11.6 Å². The molecular formula is C11H11ClN2S. The summed E-state index contributed by atoms with van der Waals surface area (Å²) in [5.41, 5.74) is 1.97. The summed E-state index contributed by atoms with van der Waals surface area (Å²) in [5, 5.41) is 2.77. The van der Waals surface area contributed by atoms with Gasteiger partial charge >= 0.3 is 0 Å². The normalized spacial score (nSPS) is 12.1. The van der Waals surface area contributed by atoms with Crippen molar-refractivity contribution < 1.29 is 0 Å². The van der Waals surface area contributed by atoms with Gasteiger partial charge in [0.05, 0.1) is 5.69 Å². The minimum Gasteiger partial charge on any atom is -0.327 e. The van der Waals surface area contributed by atoms with E-state index < -0.39 is 0 Å². The van der Waals surface area contributed by atoms with Gasteiger partial charge in [-0.1, -0.05) is 17.7 Å². The van der Waals surface area contributed by atoms with Gasteiger partial charge in [-0.25, -0.2) is 4.99 Å². The lowest BCUT2D eigenvalue weighted by atomic mass is 10.2. The monoisotopic (exact) mass is 238 g/mol. The lowest BCUT2D eigenvalue weighted by molar-refractivity contribution is 0.874. The molecule has 2 aromatic rings. The van der Waals surface area contributed by atoms with Crippen LogP contribution in [-0.4, -0.2) is 4.57 Å². The number of benzene rings is 1. The maximum Gasteiger partial charge on any atom is 0.189 e. The van der Waals surface area contributed by atoms with Crippen molar-refractivity contribution in [3.05, 3.63) is 45.2 Å². The zero-order valence-electron chi connectivity index (χ0n) is 8.57. The van der Waals surface area contributed by atoms with E-state index in [9.17, 15) is 0 Å². The van der Waals surface area contributed by atoms with Gasteiger partial charge in [0.1, 0.15) is 0 Å². The molecule has 0 N–H and O–H groups in total. The molecule has 1 aromatic carbocycles. The number of rotatable bonds is 1. The van der Waals surface area contributed by atoms with Crippen LogP contribution in [0.3, 0.4) is 0 Å². The Morgan fingerprint density at radius 3 is 2.80 bits per heavy atom. The van der Waals surface area contributed by atoms with Gasteiger partial charge in [0.2, 0.25) is 0 Å². The van der Waals surface area contributed by atoms with Gasteiger partial charge in [-0.15, -0.1) is 11.3 Å². The van der Waals surface area contributed by atoms with Crippen LogP contribution in [0.5, 0.6) is 0 Å². The summed E-state index contributed by atoms with van der Waals surface area (Å²) < 4.78 is 1.98. The Bertz CT molecular complexity index is 540. The van der Waals surface area contributed by atoms with Crippen molar-refractivity contribution in [2.75, 3.05) is 0 Å². The standard InChI is InChI=1S/C11H11ClN2S/c1-8-3-4-9(7-10(8)12)13-11-14(2)5-6-15-11/h3-7H,1-2H3. The molecule has 2 nitrogen and oxygen atoms in total. The van der Waals surface area contributed by atoms with Gasteiger partial charge in [-0.3, -0.25) is 0 Å². The summed E-state index contributed by atoms with van der Waals surface area (Å²) in [4.78, 5) is 5.47. The first-order chi connectivity index (χ1) is 7.16. The molecule has 0 fully saturated rings. The zero-order valence-corrected chi connectivity index (χ0v) is 10.1. The highest BCUT2D eigenvalue weighted by Crippen LogP contribution is 2.21. The molecule has 1 heterocycles. The largest absolute Gasteiger partial charge is 0.327 e. The highest BCUT2D eigenvalue weighted by atomic mass is 35.5. The van der Waals surface area contributed by atoms with Gasteiger partial charge < -0.3 is 4.57 Å². The fourth-order valence-corrected chi connectivity index (χ4v) is 2.12. The molecular weight excluding hydrogens is 228 g/mol. The minimum atomic E-state index is 0.760. The molecule has 0 amide bonds. The number of aromatic nitrogens is 1. The highest BCUT2D eigenvalue weighted by Gasteiger charge is 1.96. The summed E-state index contributed by atoms with van der Waals surface area (Å²) in [6.45, 7) is 1.98. The van der Waals surface area contributed by atoms with Gasteiger partial charge in [-0.2, -0.15) is 0 Å². The summed E-state index contributed by atoms with van der Waals surface area (Å²) in [6.07, 6.45) is 1.99. The summed E-state index contributed by atoms with van der Waals surface area (Å²) in [6, 6.07) is 5.84. The molecule has 1 aromatic heterocycles. The minimum absolute atomic E-state index is 0.760. The van der Waals surface area contributed by atoms with Crippen LogP contribution < -0.4 is 4.80 Å². The van der Waals surface area contributed by atoms with Crippen molar-refractivity contribution in [2.24, 2.45) is 12.0 Å². The third-order valence-electron chi connectivity index (χ3n) is 2.14. The summed E-state index contributed by atoms with van der Waals surface area (Å²) in [7, 11) is 1.98. The Morgan fingerprint density at radius 1 is 1.40 bits per heavy atom. The van der Waals surface area contributed by atoms with Crippen LogP contribution in [-0.2, 0) is 7.05 Å². The Labute approximate surface area is 97.5 Å². The molecule has 4 heteroatoms. The SMILES string of the molecule is Cc1ccc(N=c2sccn2C)cc1Cl. The van der Waals surface area contributed by atoms with Crippen molar-refractivity contribution in [1.82, 2.24) is 4.57 Å². The topological polar surface area (TPSA) is 17.3 Å². The maximum absolute atomic E-state index is 6.03. The van der Waals surface area contributed by atoms with E-state index in [0.717, 1.165) is 21.1 Å². The molecule has 15 heavy (non-hydrogen) atoms. The Hall–Kier alpha value is -1.06. The second-order valence-corrected chi connectivity index (χ2v) is 4.62. The Balaban J connectivity index is 2.49. The smallest absolute Gasteiger partial charge is 0.189 e. The molecule has 0 unspecified atom stereocenters. The second-order valence-electron chi connectivity index (χ2n) is 3.34. The van der Waals surface area contributed by atoms with E-state index in [1.807, 2.05) is 48.3 Å². The number of aryl methyl sites for hydroxylation is 2. The van der Waals surface area contributed by atoms with Crippen LogP contribution in [0.4, 0.5) is 5.69 Å². The van der Waals surface area contributed by atoms with Crippen molar-refractivity contribution in [3.63, 3.8) is 0 Å². The lowest BCUT2D eigenvalue weighted by Gasteiger charge is -1.98. The average molecular weight is 239 g/mol. The Kier molecular flexibility index (Phi) is 2.93. The second kappa shape index (κ2) is 4.21. The van der Waals surface area contributed by atoms with E-state index in [-0.39, 0.29) is 0 Å². The third kappa shape index (κ3) is 2.30. The van der Waals surface area contributed by atoms with Crippen LogP contribution in [0.25, 0.3) is 0 Å². The van der Waals surface area contributed by atoms with E-state index in [1.54, 1.807) is 11.3 Å². The fourth-order valence-electron chi connectivity index (χ4n) is 1.20. The molecule has 0 saturated carbocycles. The number of thiazole rings is 1. The van der Waals surface area contributed by atoms with Crippen molar-refractivity contribution in [3.8, 4) is 0 Å². The summed E-state index contributed by atoms with van der Waals surface area (Å²) in [5.74, 6) is 0. The van der Waals surface area contributed by atoms with Gasteiger partial charge in [0.25, 0.3) is 0 Å². The van der Waals surface area contributed by atoms with Gasteiger partial charge in [0, 0.05) is 23.6 Å². The maximum atomic E-state index is 6.03. The first-order valence-electron chi connectivity index (χ1n) is 4.58. The molecule has 0 saturated heterocycles. The van der Waals surface area contributed by atoms with Crippen molar-refractivity contribution >= 4 is 28.6 Å². The lowest BCUT2D eigenvalue weighted by Crippen LogP contribution is -2.07. The predicted octanol–water partition coefficient (Wildman–Crippen LogP) is 3.28. The third-order valence-corrected chi connectivity index (χ3v) is 3.39. The van der Waals surface area contributed by atoms with Crippen LogP contribution in [0, 0.1) is 6.92 Å². The van der Waals surface area contributed by atoms with Crippen molar-refractivity contribution in [1.29, 1.82) is 0 Å². The predicted molar refractivity (Wildman–Crippen MR) is 64.7 cm³/mol. The quantitative estimate of drug-likeness (QED) is 0.726. The first-order valence-corrected chi connectivity index (χ1v) is 5.83. The van der Waals surface area contributed by atoms with Crippen molar-refractivity contribution in [2.45, 2.75) is 6.92 Å². The van der Waals surface area contributed by atoms with E-state index in [1.165, 1.54) is 0 Å². The Morgan fingerprint density at radius 2 is 2.20 bits per heavy atom. The number of halogens is 1. The molecule has 0 aliphatic carbocycles. The molecule has 0 atom stereocenters. The van der Waals surface area contributed by atoms with E-state index in [2.05, 4.69) is 4.99 Å². The van der Waals surface area contributed by atoms with Crippen LogP contribution in [0.15, 0.2) is 34.8 Å². The number of hydrogen-bond acceptors (Lipinski definition) is 2. The molecule has 2 rings (SSSR count). The number of nitrogens with zero attached hydrogens (tertiary/aromatic N) is 2. The molecule has 0 aliphatic heterocycles. The fraction of sp³-hybridized carbons (Fsp3) is 0.182. The molecule has 0 radical (unpaired) electrons. The van der Waals surface area contributed by atoms with Crippen LogP contribution in [0.1, 0.15) is 5.56 Å². The molecule has 0 aliphatic rings. The van der Waals surface area contributed by atoms with E-state index >= 15 is 0 Å². The number of hydrogen-bond donors (Lipinski definition) is 0. The van der Waals surface area contributed by atoms with Gasteiger partial charge in [0.15, 0.2) is 4.80 Å². The van der Waals surface area contributed by atoms with E-state index in [0.29, 0.717) is 0 Å². The van der Waals surface area contributed by atoms with Gasteiger partial charge in [-0.05, 0) is 24.6 Å². The highest BCUT2D eigenvalue weighted by molar-refractivity contribution is 7.07. The molecule has 0 bridgehead atoms. The summed E-state index contributed by atoms with van der Waals surface area (Å²) >= 11 is 7.64.